The third-order valence-electron chi connectivity index (χ3n) is 2.76. The summed E-state index contributed by atoms with van der Waals surface area (Å²) < 4.78 is 0. The van der Waals surface area contributed by atoms with Crippen LogP contribution in [-0.2, 0) is 5.75 Å². The molecular weight excluding hydrogens is 260 g/mol. The van der Waals surface area contributed by atoms with E-state index in [1.54, 1.807) is 11.8 Å². The van der Waals surface area contributed by atoms with Gasteiger partial charge < -0.3 is 15.7 Å². The smallest absolute Gasteiger partial charge is 0.319 e. The summed E-state index contributed by atoms with van der Waals surface area (Å²) in [7, 11) is 0. The molecular formula is C14H22N2O2S. The molecule has 0 saturated carbocycles. The summed E-state index contributed by atoms with van der Waals surface area (Å²) >= 11 is 1.77. The molecule has 1 unspecified atom stereocenters. The first-order valence-electron chi connectivity index (χ1n) is 6.46. The van der Waals surface area contributed by atoms with Crippen LogP contribution in [0.15, 0.2) is 24.3 Å². The molecule has 0 aliphatic carbocycles. The van der Waals surface area contributed by atoms with Gasteiger partial charge in [0.2, 0.25) is 0 Å². The molecule has 0 aromatic heterocycles. The number of hydrogen-bond donors (Lipinski definition) is 3. The molecule has 0 bridgehead atoms. The van der Waals surface area contributed by atoms with Crippen LogP contribution < -0.4 is 10.6 Å². The van der Waals surface area contributed by atoms with E-state index in [0.29, 0.717) is 19.4 Å². The molecule has 0 saturated heterocycles. The molecule has 0 fully saturated rings. The summed E-state index contributed by atoms with van der Waals surface area (Å²) in [6.45, 7) is 2.40. The van der Waals surface area contributed by atoms with Crippen LogP contribution in [0.25, 0.3) is 0 Å². The van der Waals surface area contributed by atoms with Crippen molar-refractivity contribution in [1.29, 1.82) is 0 Å². The van der Waals surface area contributed by atoms with Gasteiger partial charge in [-0.25, -0.2) is 4.79 Å². The topological polar surface area (TPSA) is 61.4 Å². The summed E-state index contributed by atoms with van der Waals surface area (Å²) in [6.07, 6.45) is 3.01. The number of carbonyl (C=O) groups is 1. The molecule has 3 N–H and O–H groups in total. The zero-order valence-electron chi connectivity index (χ0n) is 11.5. The van der Waals surface area contributed by atoms with Crippen LogP contribution in [0.5, 0.6) is 0 Å². The van der Waals surface area contributed by atoms with E-state index in [0.717, 1.165) is 11.4 Å². The number of nitrogens with one attached hydrogen (secondary N) is 2. The lowest BCUT2D eigenvalue weighted by atomic mass is 10.2. The molecule has 106 valence electrons. The molecule has 19 heavy (non-hydrogen) atoms. The van der Waals surface area contributed by atoms with E-state index < -0.39 is 0 Å². The van der Waals surface area contributed by atoms with Gasteiger partial charge in [0.05, 0.1) is 6.10 Å². The van der Waals surface area contributed by atoms with Crippen molar-refractivity contribution in [3.8, 4) is 0 Å². The molecule has 1 aromatic rings. The highest BCUT2D eigenvalue weighted by molar-refractivity contribution is 7.97. The van der Waals surface area contributed by atoms with Crippen molar-refractivity contribution in [3.05, 3.63) is 29.8 Å². The number of anilines is 1. The van der Waals surface area contributed by atoms with Gasteiger partial charge in [-0.15, -0.1) is 0 Å². The van der Waals surface area contributed by atoms with E-state index in [1.807, 2.05) is 31.2 Å². The van der Waals surface area contributed by atoms with Gasteiger partial charge in [0, 0.05) is 18.0 Å². The average Bonchev–Trinajstić information content (AvgIpc) is 2.41. The molecule has 0 radical (unpaired) electrons. The first-order chi connectivity index (χ1) is 9.15. The highest BCUT2D eigenvalue weighted by atomic mass is 32.2. The molecule has 0 aliphatic rings. The first kappa shape index (κ1) is 15.9. The minimum atomic E-state index is -0.342. The SMILES string of the molecule is CCC(O)CCNC(=O)Nc1ccc(CSC)cc1. The van der Waals surface area contributed by atoms with Crippen molar-refractivity contribution < 1.29 is 9.90 Å². The molecule has 4 nitrogen and oxygen atoms in total. The number of aliphatic hydroxyl groups excluding tert-OH is 1. The van der Waals surface area contributed by atoms with E-state index in [-0.39, 0.29) is 12.1 Å². The number of rotatable bonds is 7. The maximum absolute atomic E-state index is 11.6. The maximum Gasteiger partial charge on any atom is 0.319 e. The van der Waals surface area contributed by atoms with Crippen LogP contribution in [0.4, 0.5) is 10.5 Å². The van der Waals surface area contributed by atoms with Gasteiger partial charge in [-0.1, -0.05) is 19.1 Å². The van der Waals surface area contributed by atoms with Crippen molar-refractivity contribution in [2.45, 2.75) is 31.6 Å². The summed E-state index contributed by atoms with van der Waals surface area (Å²) in [6, 6.07) is 7.57. The highest BCUT2D eigenvalue weighted by Gasteiger charge is 2.04. The van der Waals surface area contributed by atoms with Crippen molar-refractivity contribution in [2.24, 2.45) is 0 Å². The minimum absolute atomic E-state index is 0.235. The Kier molecular flexibility index (Phi) is 7.36. The second kappa shape index (κ2) is 8.82. The van der Waals surface area contributed by atoms with Gasteiger partial charge in [-0.3, -0.25) is 0 Å². The zero-order valence-corrected chi connectivity index (χ0v) is 12.3. The lowest BCUT2D eigenvalue weighted by Gasteiger charge is -2.10. The van der Waals surface area contributed by atoms with Crippen molar-refractivity contribution in [3.63, 3.8) is 0 Å². The summed E-state index contributed by atoms with van der Waals surface area (Å²) in [4.78, 5) is 11.6. The second-order valence-electron chi connectivity index (χ2n) is 4.36. The van der Waals surface area contributed by atoms with Crippen molar-refractivity contribution in [1.82, 2.24) is 5.32 Å². The lowest BCUT2D eigenvalue weighted by molar-refractivity contribution is 0.160. The Morgan fingerprint density at radius 3 is 2.63 bits per heavy atom. The Morgan fingerprint density at radius 2 is 2.05 bits per heavy atom. The molecule has 1 atom stereocenters. The third-order valence-corrected chi connectivity index (χ3v) is 3.38. The number of benzene rings is 1. The summed E-state index contributed by atoms with van der Waals surface area (Å²) in [5, 5.41) is 14.9. The Bertz CT molecular complexity index is 382. The van der Waals surface area contributed by atoms with Gasteiger partial charge >= 0.3 is 6.03 Å². The van der Waals surface area contributed by atoms with Crippen LogP contribution in [0.1, 0.15) is 25.3 Å². The summed E-state index contributed by atoms with van der Waals surface area (Å²) in [5.74, 6) is 0.974. The number of thioether (sulfide) groups is 1. The first-order valence-corrected chi connectivity index (χ1v) is 7.86. The van der Waals surface area contributed by atoms with Gasteiger partial charge in [0.1, 0.15) is 0 Å². The van der Waals surface area contributed by atoms with Gasteiger partial charge in [0.15, 0.2) is 0 Å². The van der Waals surface area contributed by atoms with Crippen LogP contribution in [-0.4, -0.2) is 30.0 Å². The Labute approximate surface area is 119 Å². The Morgan fingerprint density at radius 1 is 1.37 bits per heavy atom. The fraction of sp³-hybridized carbons (Fsp3) is 0.500. The van der Waals surface area contributed by atoms with E-state index in [9.17, 15) is 9.90 Å². The van der Waals surface area contributed by atoms with Crippen LogP contribution >= 0.6 is 11.8 Å². The Hall–Kier alpha value is -1.20. The molecule has 2 amide bonds. The maximum atomic E-state index is 11.6. The standard InChI is InChI=1S/C14H22N2O2S/c1-3-13(17)8-9-15-14(18)16-12-6-4-11(5-7-12)10-19-2/h4-7,13,17H,3,8-10H2,1-2H3,(H2,15,16,18). The molecule has 1 rings (SSSR count). The van der Waals surface area contributed by atoms with Crippen LogP contribution in [0.2, 0.25) is 0 Å². The second-order valence-corrected chi connectivity index (χ2v) is 5.23. The van der Waals surface area contributed by atoms with E-state index in [2.05, 4.69) is 16.9 Å². The molecule has 1 aromatic carbocycles. The lowest BCUT2D eigenvalue weighted by Crippen LogP contribution is -2.31. The number of urea groups is 1. The van der Waals surface area contributed by atoms with Gasteiger partial charge in [-0.2, -0.15) is 11.8 Å². The van der Waals surface area contributed by atoms with Crippen molar-refractivity contribution >= 4 is 23.5 Å². The van der Waals surface area contributed by atoms with E-state index >= 15 is 0 Å². The molecule has 0 heterocycles. The van der Waals surface area contributed by atoms with E-state index in [1.165, 1.54) is 5.56 Å². The van der Waals surface area contributed by atoms with E-state index in [4.69, 9.17) is 0 Å². The number of aliphatic hydroxyl groups is 1. The predicted molar refractivity (Wildman–Crippen MR) is 81.6 cm³/mol. The minimum Gasteiger partial charge on any atom is -0.393 e. The normalized spacial score (nSPS) is 11.9. The fourth-order valence-corrected chi connectivity index (χ4v) is 2.11. The Balaban J connectivity index is 2.31. The number of carbonyl (C=O) groups excluding carboxylic acids is 1. The van der Waals surface area contributed by atoms with Gasteiger partial charge in [0.25, 0.3) is 0 Å². The highest BCUT2D eigenvalue weighted by Crippen LogP contribution is 2.13. The van der Waals surface area contributed by atoms with Gasteiger partial charge in [-0.05, 0) is 36.8 Å². The molecule has 5 heteroatoms. The quantitative estimate of drug-likeness (QED) is 0.720. The molecule has 0 spiro atoms. The number of hydrogen-bond acceptors (Lipinski definition) is 3. The average molecular weight is 282 g/mol. The van der Waals surface area contributed by atoms with Crippen LogP contribution in [0, 0.1) is 0 Å². The molecule has 0 aliphatic heterocycles. The monoisotopic (exact) mass is 282 g/mol. The largest absolute Gasteiger partial charge is 0.393 e. The third kappa shape index (κ3) is 6.50. The van der Waals surface area contributed by atoms with Crippen LogP contribution in [0.3, 0.4) is 0 Å². The predicted octanol–water partition coefficient (Wildman–Crippen LogP) is 2.83. The number of amides is 2. The summed E-state index contributed by atoms with van der Waals surface area (Å²) in [5.41, 5.74) is 2.02. The fourth-order valence-electron chi connectivity index (χ4n) is 1.58. The van der Waals surface area contributed by atoms with Crippen molar-refractivity contribution in [2.75, 3.05) is 18.1 Å². The zero-order chi connectivity index (χ0) is 14.1.